The Morgan fingerprint density at radius 1 is 1.88 bits per heavy atom. The fourth-order valence-corrected chi connectivity index (χ4v) is 0.290. The van der Waals surface area contributed by atoms with Crippen molar-refractivity contribution < 1.29 is 9.90 Å². The molecule has 0 aliphatic carbocycles. The summed E-state index contributed by atoms with van der Waals surface area (Å²) in [7, 11) is 0. The Balaban J connectivity index is 3.39. The minimum absolute atomic E-state index is 0.177. The van der Waals surface area contributed by atoms with Crippen molar-refractivity contribution in [1.82, 2.24) is 0 Å². The normalized spacial score (nSPS) is 12.8. The maximum Gasteiger partial charge on any atom is 0.288 e. The third kappa shape index (κ3) is 3.42. The van der Waals surface area contributed by atoms with Gasteiger partial charge in [-0.3, -0.25) is 4.79 Å². The van der Waals surface area contributed by atoms with Crippen LogP contribution in [0.4, 0.5) is 0 Å². The molecular weight excluding hydrogens is 110 g/mol. The molecule has 1 amide bonds. The molecule has 0 saturated heterocycles. The van der Waals surface area contributed by atoms with Gasteiger partial charge in [-0.2, -0.15) is 0 Å². The molecule has 0 aromatic rings. The van der Waals surface area contributed by atoms with E-state index in [4.69, 9.17) is 5.11 Å². The largest absolute Gasteiger partial charge is 0.393 e. The molecule has 8 heavy (non-hydrogen) atoms. The summed E-state index contributed by atoms with van der Waals surface area (Å²) in [6, 6.07) is 0. The Morgan fingerprint density at radius 2 is 2.38 bits per heavy atom. The van der Waals surface area contributed by atoms with Crippen molar-refractivity contribution in [2.45, 2.75) is 19.4 Å². The maximum absolute atomic E-state index is 9.98. The molecule has 4 nitrogen and oxygen atoms in total. The lowest BCUT2D eigenvalue weighted by Crippen LogP contribution is -2.05. The van der Waals surface area contributed by atoms with Gasteiger partial charge in [0.05, 0.1) is 12.5 Å². The number of hydrogen-bond donors (Lipinski definition) is 1. The van der Waals surface area contributed by atoms with E-state index in [0.717, 1.165) is 0 Å². The highest BCUT2D eigenvalue weighted by atomic mass is 16.3. The molecule has 1 N–H and O–H groups in total. The monoisotopic (exact) mass is 117 g/mol. The molecule has 1 unspecified atom stereocenters. The minimum Gasteiger partial charge on any atom is -0.393 e. The third-order valence-corrected chi connectivity index (χ3v) is 0.572. The molecule has 0 heterocycles. The second kappa shape index (κ2) is 3.26. The third-order valence-electron chi connectivity index (χ3n) is 0.572. The summed E-state index contributed by atoms with van der Waals surface area (Å²) in [5.74, 6) is -0.806. The highest BCUT2D eigenvalue weighted by Crippen LogP contribution is 1.90. The second-order valence-electron chi connectivity index (χ2n) is 1.54. The maximum atomic E-state index is 9.98. The van der Waals surface area contributed by atoms with Crippen molar-refractivity contribution in [2.24, 2.45) is 5.18 Å². The summed E-state index contributed by atoms with van der Waals surface area (Å²) >= 11 is 0. The number of nitroso groups, excluding NO2 is 1. The van der Waals surface area contributed by atoms with Crippen LogP contribution < -0.4 is 0 Å². The Kier molecular flexibility index (Phi) is 2.95. The zero-order valence-electron chi connectivity index (χ0n) is 4.50. The topological polar surface area (TPSA) is 66.7 Å². The first-order chi connectivity index (χ1) is 3.66. The first kappa shape index (κ1) is 7.23. The van der Waals surface area contributed by atoms with Gasteiger partial charge >= 0.3 is 0 Å². The Labute approximate surface area is 46.5 Å². The van der Waals surface area contributed by atoms with Crippen molar-refractivity contribution in [3.63, 3.8) is 0 Å². The van der Waals surface area contributed by atoms with Crippen LogP contribution in [0.3, 0.4) is 0 Å². The van der Waals surface area contributed by atoms with Gasteiger partial charge in [0.1, 0.15) is 0 Å². The van der Waals surface area contributed by atoms with E-state index in [1.54, 1.807) is 0 Å². The summed E-state index contributed by atoms with van der Waals surface area (Å²) in [5, 5.41) is 10.5. The molecule has 0 aliphatic heterocycles. The highest BCUT2D eigenvalue weighted by molar-refractivity contribution is 5.76. The molecule has 0 fully saturated rings. The van der Waals surface area contributed by atoms with E-state index in [1.165, 1.54) is 6.92 Å². The van der Waals surface area contributed by atoms with Gasteiger partial charge in [0.2, 0.25) is 0 Å². The number of nitrogens with zero attached hydrogens (tertiary/aromatic N) is 1. The van der Waals surface area contributed by atoms with E-state index in [9.17, 15) is 9.70 Å². The van der Waals surface area contributed by atoms with Crippen molar-refractivity contribution in [3.05, 3.63) is 4.91 Å². The smallest absolute Gasteiger partial charge is 0.288 e. The Morgan fingerprint density at radius 3 is 2.50 bits per heavy atom. The van der Waals surface area contributed by atoms with E-state index in [0.29, 0.717) is 0 Å². The molecule has 0 aromatic heterocycles. The van der Waals surface area contributed by atoms with E-state index in [1.807, 2.05) is 0 Å². The van der Waals surface area contributed by atoms with E-state index < -0.39 is 12.0 Å². The quantitative estimate of drug-likeness (QED) is 0.519. The van der Waals surface area contributed by atoms with Gasteiger partial charge in [-0.05, 0) is 6.92 Å². The predicted octanol–water partition coefficient (Wildman–Crippen LogP) is 0.0503. The van der Waals surface area contributed by atoms with Crippen LogP contribution in [-0.4, -0.2) is 17.1 Å². The fraction of sp³-hybridized carbons (Fsp3) is 0.750. The van der Waals surface area contributed by atoms with E-state index in [2.05, 4.69) is 5.18 Å². The number of amides is 1. The lowest BCUT2D eigenvalue weighted by atomic mass is 10.3. The summed E-state index contributed by atoms with van der Waals surface area (Å²) in [6.07, 6.45) is -0.941. The molecule has 0 aliphatic rings. The van der Waals surface area contributed by atoms with Crippen molar-refractivity contribution in [1.29, 1.82) is 0 Å². The average molecular weight is 117 g/mol. The number of rotatable bonds is 2. The minimum atomic E-state index is -0.806. The number of aliphatic hydroxyl groups is 1. The number of aliphatic hydroxyl groups excluding tert-OH is 1. The number of carbonyl (C=O) groups is 1. The number of hydrogen-bond acceptors (Lipinski definition) is 3. The summed E-state index contributed by atoms with van der Waals surface area (Å²) in [5.41, 5.74) is 0. The molecule has 0 bridgehead atoms. The highest BCUT2D eigenvalue weighted by Gasteiger charge is 2.03. The van der Waals surface area contributed by atoms with Crippen molar-refractivity contribution in [3.8, 4) is 0 Å². The van der Waals surface area contributed by atoms with Crippen molar-refractivity contribution in [2.75, 3.05) is 0 Å². The Hall–Kier alpha value is -0.770. The van der Waals surface area contributed by atoms with Crippen LogP contribution >= 0.6 is 0 Å². The SMILES string of the molecule is CC(O)CC(=O)N=O. The van der Waals surface area contributed by atoms with Crippen LogP contribution in [0.2, 0.25) is 0 Å². The van der Waals surface area contributed by atoms with Crippen LogP contribution in [0.15, 0.2) is 5.18 Å². The molecule has 0 saturated carbocycles. The first-order valence-electron chi connectivity index (χ1n) is 2.21. The molecule has 4 heteroatoms. The second-order valence-corrected chi connectivity index (χ2v) is 1.54. The van der Waals surface area contributed by atoms with Crippen molar-refractivity contribution >= 4 is 5.91 Å². The van der Waals surface area contributed by atoms with Gasteiger partial charge in [-0.15, -0.1) is 4.91 Å². The summed E-state index contributed by atoms with van der Waals surface area (Å²) in [4.78, 5) is 19.3. The van der Waals surface area contributed by atoms with Gasteiger partial charge in [0.25, 0.3) is 5.91 Å². The zero-order valence-corrected chi connectivity index (χ0v) is 4.50. The molecule has 0 rings (SSSR count). The predicted molar refractivity (Wildman–Crippen MR) is 27.1 cm³/mol. The molecular formula is C4H7NO3. The lowest BCUT2D eigenvalue weighted by molar-refractivity contribution is -0.119. The van der Waals surface area contributed by atoms with Gasteiger partial charge < -0.3 is 5.11 Å². The van der Waals surface area contributed by atoms with Crippen LogP contribution in [0.25, 0.3) is 0 Å². The fourth-order valence-electron chi connectivity index (χ4n) is 0.290. The molecule has 0 radical (unpaired) electrons. The van der Waals surface area contributed by atoms with Crippen LogP contribution in [0.1, 0.15) is 13.3 Å². The lowest BCUT2D eigenvalue weighted by Gasteiger charge is -1.93. The molecule has 0 spiro atoms. The van der Waals surface area contributed by atoms with E-state index in [-0.39, 0.29) is 6.42 Å². The first-order valence-corrected chi connectivity index (χ1v) is 2.21. The molecule has 0 aromatic carbocycles. The van der Waals surface area contributed by atoms with Crippen LogP contribution in [0, 0.1) is 4.91 Å². The van der Waals surface area contributed by atoms with Gasteiger partial charge in [0, 0.05) is 5.18 Å². The Bertz CT molecular complexity index is 99.5. The van der Waals surface area contributed by atoms with Gasteiger partial charge in [0.15, 0.2) is 0 Å². The van der Waals surface area contributed by atoms with Crippen LogP contribution in [-0.2, 0) is 4.79 Å². The van der Waals surface area contributed by atoms with E-state index >= 15 is 0 Å². The summed E-state index contributed by atoms with van der Waals surface area (Å²) in [6.45, 7) is 1.42. The zero-order chi connectivity index (χ0) is 6.57. The average Bonchev–Trinajstić information content (AvgIpc) is 1.65. The number of carbonyl (C=O) groups excluding carboxylic acids is 1. The van der Waals surface area contributed by atoms with Gasteiger partial charge in [-0.25, -0.2) is 0 Å². The van der Waals surface area contributed by atoms with Gasteiger partial charge in [-0.1, -0.05) is 0 Å². The molecule has 46 valence electrons. The molecule has 1 atom stereocenters. The van der Waals surface area contributed by atoms with Crippen LogP contribution in [0.5, 0.6) is 0 Å². The standard InChI is InChI=1S/C4H7NO3/c1-3(6)2-4(7)5-8/h3,6H,2H2,1H3. The summed E-state index contributed by atoms with van der Waals surface area (Å²) < 4.78 is 0.